The highest BCUT2D eigenvalue weighted by atomic mass is 16.3. The summed E-state index contributed by atoms with van der Waals surface area (Å²) in [5.41, 5.74) is 3.69. The van der Waals surface area contributed by atoms with Gasteiger partial charge in [-0.1, -0.05) is 63.6 Å². The molecule has 0 bridgehead atoms. The van der Waals surface area contributed by atoms with Crippen LogP contribution in [0.15, 0.2) is 64.3 Å². The van der Waals surface area contributed by atoms with E-state index < -0.39 is 23.5 Å². The van der Waals surface area contributed by atoms with E-state index in [1.807, 2.05) is 49.4 Å². The highest BCUT2D eigenvalue weighted by Gasteiger charge is 2.44. The zero-order chi connectivity index (χ0) is 25.3. The maximum absolute atomic E-state index is 13.7. The van der Waals surface area contributed by atoms with E-state index in [4.69, 9.17) is 4.42 Å². The van der Waals surface area contributed by atoms with Crippen LogP contribution in [0.25, 0.3) is 11.0 Å². The zero-order valence-corrected chi connectivity index (χ0v) is 21.2. The quantitative estimate of drug-likeness (QED) is 0.398. The number of likely N-dealkylation sites (N-methyl/N-ethyl adjacent to an activating group) is 1. The van der Waals surface area contributed by atoms with E-state index in [0.29, 0.717) is 24.6 Å². The molecule has 6 nitrogen and oxygen atoms in total. The standard InChI is InChI=1S/C29H34N2O4/c1-6-30(7-2)14-15-31-26(21-11-9-20(10-12-21)18(3)4)25(28(33)29(31)34)27(32)24-17-22-16-19(5)8-13-23(22)35-24/h8-13,16-18,26,33H,6-7,14-15H2,1-5H3. The van der Waals surface area contributed by atoms with E-state index in [2.05, 4.69) is 32.6 Å². The van der Waals surface area contributed by atoms with Crippen LogP contribution < -0.4 is 0 Å². The van der Waals surface area contributed by atoms with E-state index in [0.717, 1.165) is 29.6 Å². The highest BCUT2D eigenvalue weighted by molar-refractivity contribution is 6.16. The average molecular weight is 475 g/mol. The molecule has 2 heterocycles. The Labute approximate surface area is 206 Å². The van der Waals surface area contributed by atoms with Crippen LogP contribution in [0.4, 0.5) is 0 Å². The SMILES string of the molecule is CCN(CC)CCN1C(=O)C(O)=C(C(=O)c2cc3cc(C)ccc3o2)C1c1ccc(C(C)C)cc1. The number of aliphatic hydroxyl groups is 1. The number of carbonyl (C=O) groups excluding carboxylic acids is 2. The maximum atomic E-state index is 13.7. The van der Waals surface area contributed by atoms with Crippen molar-refractivity contribution in [1.82, 2.24) is 9.80 Å². The van der Waals surface area contributed by atoms with Crippen molar-refractivity contribution in [3.8, 4) is 0 Å². The Balaban J connectivity index is 1.75. The summed E-state index contributed by atoms with van der Waals surface area (Å²) in [6.45, 7) is 13.1. The third-order valence-electron chi connectivity index (χ3n) is 6.91. The molecule has 1 aromatic heterocycles. The minimum atomic E-state index is -0.679. The first-order valence-electron chi connectivity index (χ1n) is 12.4. The maximum Gasteiger partial charge on any atom is 0.290 e. The van der Waals surface area contributed by atoms with Gasteiger partial charge in [0.25, 0.3) is 5.91 Å². The van der Waals surface area contributed by atoms with Crippen LogP contribution in [0.5, 0.6) is 0 Å². The van der Waals surface area contributed by atoms with Gasteiger partial charge in [0.15, 0.2) is 11.5 Å². The topological polar surface area (TPSA) is 74.0 Å². The summed E-state index contributed by atoms with van der Waals surface area (Å²) in [6, 6.07) is 14.6. The lowest BCUT2D eigenvalue weighted by molar-refractivity contribution is -0.129. The van der Waals surface area contributed by atoms with Gasteiger partial charge in [-0.3, -0.25) is 9.59 Å². The molecule has 0 fully saturated rings. The molecule has 35 heavy (non-hydrogen) atoms. The number of amides is 1. The van der Waals surface area contributed by atoms with Gasteiger partial charge in [0.2, 0.25) is 5.78 Å². The van der Waals surface area contributed by atoms with Crippen LogP contribution in [-0.4, -0.2) is 52.8 Å². The molecule has 1 atom stereocenters. The molecule has 0 saturated heterocycles. The molecule has 6 heteroatoms. The lowest BCUT2D eigenvalue weighted by Crippen LogP contribution is -2.38. The van der Waals surface area contributed by atoms with Crippen molar-refractivity contribution < 1.29 is 19.1 Å². The normalized spacial score (nSPS) is 16.4. The Hall–Kier alpha value is -3.38. The molecule has 184 valence electrons. The predicted molar refractivity (Wildman–Crippen MR) is 138 cm³/mol. The predicted octanol–water partition coefficient (Wildman–Crippen LogP) is 5.78. The average Bonchev–Trinajstić information content (AvgIpc) is 3.38. The van der Waals surface area contributed by atoms with Gasteiger partial charge < -0.3 is 19.3 Å². The highest BCUT2D eigenvalue weighted by Crippen LogP contribution is 2.40. The monoisotopic (exact) mass is 474 g/mol. The van der Waals surface area contributed by atoms with Crippen molar-refractivity contribution in [2.45, 2.75) is 46.6 Å². The van der Waals surface area contributed by atoms with Crippen LogP contribution in [0, 0.1) is 6.92 Å². The van der Waals surface area contributed by atoms with Crippen LogP contribution in [0.1, 0.15) is 66.9 Å². The van der Waals surface area contributed by atoms with Crippen molar-refractivity contribution in [3.05, 3.63) is 82.3 Å². The fraction of sp³-hybridized carbons (Fsp3) is 0.379. The molecule has 3 aromatic rings. The fourth-order valence-electron chi connectivity index (χ4n) is 4.72. The second-order valence-corrected chi connectivity index (χ2v) is 9.49. The molecule has 0 spiro atoms. The first-order valence-corrected chi connectivity index (χ1v) is 12.4. The van der Waals surface area contributed by atoms with Gasteiger partial charge in [-0.05, 0) is 55.3 Å². The molecular formula is C29H34N2O4. The van der Waals surface area contributed by atoms with Crippen LogP contribution >= 0.6 is 0 Å². The second-order valence-electron chi connectivity index (χ2n) is 9.49. The summed E-state index contributed by atoms with van der Waals surface area (Å²) in [4.78, 5) is 30.8. The lowest BCUT2D eigenvalue weighted by atomic mass is 9.93. The van der Waals surface area contributed by atoms with Crippen molar-refractivity contribution >= 4 is 22.7 Å². The molecule has 0 aliphatic carbocycles. The van der Waals surface area contributed by atoms with Gasteiger partial charge in [0.05, 0.1) is 11.6 Å². The molecule has 1 amide bonds. The number of carbonyl (C=O) groups is 2. The third kappa shape index (κ3) is 4.76. The smallest absolute Gasteiger partial charge is 0.290 e. The van der Waals surface area contributed by atoms with Gasteiger partial charge in [-0.2, -0.15) is 0 Å². The number of nitrogens with zero attached hydrogens (tertiary/aromatic N) is 2. The van der Waals surface area contributed by atoms with Gasteiger partial charge >= 0.3 is 0 Å². The molecule has 1 aliphatic heterocycles. The van der Waals surface area contributed by atoms with Gasteiger partial charge in [0, 0.05) is 18.5 Å². The number of aliphatic hydroxyl groups excluding tert-OH is 1. The Morgan fingerprint density at radius 2 is 1.77 bits per heavy atom. The fourth-order valence-corrected chi connectivity index (χ4v) is 4.72. The first kappa shape index (κ1) is 24.7. The molecule has 0 saturated carbocycles. The molecule has 0 radical (unpaired) electrons. The van der Waals surface area contributed by atoms with Gasteiger partial charge in [0.1, 0.15) is 5.58 Å². The minimum absolute atomic E-state index is 0.0719. The van der Waals surface area contributed by atoms with Crippen molar-refractivity contribution in [2.75, 3.05) is 26.2 Å². The molecule has 1 N–H and O–H groups in total. The van der Waals surface area contributed by atoms with E-state index in [9.17, 15) is 14.7 Å². The summed E-state index contributed by atoms with van der Waals surface area (Å²) >= 11 is 0. The Kier molecular flexibility index (Phi) is 7.13. The van der Waals surface area contributed by atoms with E-state index in [-0.39, 0.29) is 11.3 Å². The van der Waals surface area contributed by atoms with Gasteiger partial charge in [-0.15, -0.1) is 0 Å². The largest absolute Gasteiger partial charge is 0.503 e. The number of fused-ring (bicyclic) bond motifs is 1. The molecule has 2 aromatic carbocycles. The molecular weight excluding hydrogens is 440 g/mol. The molecule has 1 aliphatic rings. The summed E-state index contributed by atoms with van der Waals surface area (Å²) < 4.78 is 5.85. The number of benzene rings is 2. The number of ketones is 1. The lowest BCUT2D eigenvalue weighted by Gasteiger charge is -2.29. The molecule has 4 rings (SSSR count). The van der Waals surface area contributed by atoms with Crippen molar-refractivity contribution in [3.63, 3.8) is 0 Å². The number of furan rings is 1. The number of aryl methyl sites for hydroxylation is 1. The second kappa shape index (κ2) is 10.1. The Morgan fingerprint density at radius 1 is 1.09 bits per heavy atom. The molecule has 1 unspecified atom stereocenters. The van der Waals surface area contributed by atoms with Crippen LogP contribution in [-0.2, 0) is 4.79 Å². The van der Waals surface area contributed by atoms with E-state index in [1.165, 1.54) is 5.56 Å². The van der Waals surface area contributed by atoms with E-state index in [1.54, 1.807) is 11.0 Å². The Bertz CT molecular complexity index is 1270. The van der Waals surface area contributed by atoms with Crippen LogP contribution in [0.3, 0.4) is 0 Å². The van der Waals surface area contributed by atoms with Crippen molar-refractivity contribution in [1.29, 1.82) is 0 Å². The number of hydrogen-bond acceptors (Lipinski definition) is 5. The first-order chi connectivity index (χ1) is 16.7. The minimum Gasteiger partial charge on any atom is -0.503 e. The summed E-state index contributed by atoms with van der Waals surface area (Å²) in [7, 11) is 0. The zero-order valence-electron chi connectivity index (χ0n) is 21.2. The number of hydrogen-bond donors (Lipinski definition) is 1. The van der Waals surface area contributed by atoms with Crippen molar-refractivity contribution in [2.24, 2.45) is 0 Å². The summed E-state index contributed by atoms with van der Waals surface area (Å²) in [5.74, 6) is -1.01. The summed E-state index contributed by atoms with van der Waals surface area (Å²) in [6.07, 6.45) is 0. The number of rotatable bonds is 9. The van der Waals surface area contributed by atoms with Gasteiger partial charge in [-0.25, -0.2) is 0 Å². The van der Waals surface area contributed by atoms with Crippen LogP contribution in [0.2, 0.25) is 0 Å². The number of Topliss-reactive ketones (excluding diaryl/α,β-unsaturated/α-hetero) is 1. The third-order valence-corrected chi connectivity index (χ3v) is 6.91. The summed E-state index contributed by atoms with van der Waals surface area (Å²) in [5, 5.41) is 11.8. The van der Waals surface area contributed by atoms with E-state index >= 15 is 0 Å². The Morgan fingerprint density at radius 3 is 2.40 bits per heavy atom.